The first-order chi connectivity index (χ1) is 15.7. The molecule has 2 fully saturated rings. The Kier molecular flexibility index (Phi) is 6.39. The van der Waals surface area contributed by atoms with Crippen molar-refractivity contribution in [2.45, 2.75) is 70.4 Å². The third-order valence-corrected chi connectivity index (χ3v) is 7.22. The van der Waals surface area contributed by atoms with E-state index in [-0.39, 0.29) is 12.0 Å². The average molecular weight is 435 g/mol. The summed E-state index contributed by atoms with van der Waals surface area (Å²) in [6.07, 6.45) is 6.84. The Hall–Kier alpha value is -2.47. The summed E-state index contributed by atoms with van der Waals surface area (Å²) in [4.78, 5) is 27.2. The van der Waals surface area contributed by atoms with Crippen LogP contribution in [0.2, 0.25) is 0 Å². The fourth-order valence-electron chi connectivity index (χ4n) is 5.37. The van der Waals surface area contributed by atoms with Crippen LogP contribution in [-0.2, 0) is 22.5 Å². The van der Waals surface area contributed by atoms with E-state index in [1.54, 1.807) is 0 Å². The van der Waals surface area contributed by atoms with Gasteiger partial charge in [0.05, 0.1) is 12.5 Å². The number of piperidine rings is 1. The molecule has 1 unspecified atom stereocenters. The van der Waals surface area contributed by atoms with E-state index in [0.717, 1.165) is 88.6 Å². The van der Waals surface area contributed by atoms with E-state index in [1.807, 2.05) is 4.90 Å². The molecule has 1 amide bonds. The number of carbonyl (C=O) groups excluding carboxylic acids is 1. The molecule has 0 spiro atoms. The Morgan fingerprint density at radius 2 is 1.88 bits per heavy atom. The fourth-order valence-corrected chi connectivity index (χ4v) is 5.37. The van der Waals surface area contributed by atoms with Crippen LogP contribution >= 0.6 is 0 Å². The molecule has 0 aliphatic carbocycles. The molecule has 3 aliphatic heterocycles. The van der Waals surface area contributed by atoms with Gasteiger partial charge in [0.1, 0.15) is 11.6 Å². The highest BCUT2D eigenvalue weighted by Crippen LogP contribution is 2.33. The smallest absolute Gasteiger partial charge is 0.225 e. The molecule has 1 aromatic heterocycles. The maximum atomic E-state index is 12.7. The number of likely N-dealkylation sites (tertiary alicyclic amines) is 1. The van der Waals surface area contributed by atoms with Gasteiger partial charge < -0.3 is 14.5 Å². The molecule has 5 rings (SSSR count). The van der Waals surface area contributed by atoms with Gasteiger partial charge in [0.2, 0.25) is 5.91 Å². The van der Waals surface area contributed by atoms with Crippen molar-refractivity contribution in [1.82, 2.24) is 14.9 Å². The number of benzene rings is 1. The van der Waals surface area contributed by atoms with Gasteiger partial charge in [-0.05, 0) is 51.0 Å². The van der Waals surface area contributed by atoms with Crippen LogP contribution in [0.1, 0.15) is 67.1 Å². The van der Waals surface area contributed by atoms with Crippen molar-refractivity contribution in [3.05, 3.63) is 53.0 Å². The van der Waals surface area contributed by atoms with E-state index in [4.69, 9.17) is 14.7 Å². The van der Waals surface area contributed by atoms with Gasteiger partial charge in [0.15, 0.2) is 0 Å². The number of rotatable bonds is 5. The summed E-state index contributed by atoms with van der Waals surface area (Å²) < 4.78 is 5.65. The Bertz CT molecular complexity index is 934. The first-order valence-corrected chi connectivity index (χ1v) is 12.2. The van der Waals surface area contributed by atoms with Crippen LogP contribution < -0.4 is 4.90 Å². The van der Waals surface area contributed by atoms with E-state index in [1.165, 1.54) is 11.1 Å². The molecule has 32 heavy (non-hydrogen) atoms. The lowest BCUT2D eigenvalue weighted by Gasteiger charge is -2.34. The number of aromatic nitrogens is 2. The van der Waals surface area contributed by atoms with Crippen molar-refractivity contribution in [2.24, 2.45) is 0 Å². The number of anilines is 1. The standard InChI is InChI=1S/C26H34N4O2/c1-19-23-10-5-13-30(18-20-7-3-2-4-8-20)26(23)28-25(27-19)21-11-14-29(15-12-21)24(31)17-22-9-6-16-32-22/h2-4,7-8,21-22H,5-6,9-18H2,1H3. The Labute approximate surface area is 191 Å². The molecule has 0 N–H and O–H groups in total. The highest BCUT2D eigenvalue weighted by Gasteiger charge is 2.30. The van der Waals surface area contributed by atoms with Gasteiger partial charge in [0.25, 0.3) is 0 Å². The molecule has 1 atom stereocenters. The summed E-state index contributed by atoms with van der Waals surface area (Å²) in [5, 5.41) is 0. The maximum absolute atomic E-state index is 12.7. The second-order valence-corrected chi connectivity index (χ2v) is 9.47. The predicted octanol–water partition coefficient (Wildman–Crippen LogP) is 4.01. The van der Waals surface area contributed by atoms with Gasteiger partial charge in [-0.15, -0.1) is 0 Å². The molecule has 4 heterocycles. The third-order valence-electron chi connectivity index (χ3n) is 7.22. The normalized spacial score (nSPS) is 21.6. The molecule has 170 valence electrons. The lowest BCUT2D eigenvalue weighted by molar-refractivity contribution is -0.134. The minimum Gasteiger partial charge on any atom is -0.378 e. The van der Waals surface area contributed by atoms with Gasteiger partial charge >= 0.3 is 0 Å². The molecular formula is C26H34N4O2. The first kappa shape index (κ1) is 21.4. The highest BCUT2D eigenvalue weighted by atomic mass is 16.5. The van der Waals surface area contributed by atoms with Gasteiger partial charge in [-0.2, -0.15) is 0 Å². The van der Waals surface area contributed by atoms with E-state index >= 15 is 0 Å². The minimum absolute atomic E-state index is 0.127. The zero-order valence-electron chi connectivity index (χ0n) is 19.1. The second kappa shape index (κ2) is 9.57. The van der Waals surface area contributed by atoms with Crippen molar-refractivity contribution < 1.29 is 9.53 Å². The average Bonchev–Trinajstić information content (AvgIpc) is 3.33. The Morgan fingerprint density at radius 3 is 2.62 bits per heavy atom. The summed E-state index contributed by atoms with van der Waals surface area (Å²) in [7, 11) is 0. The van der Waals surface area contributed by atoms with Crippen LogP contribution in [0.25, 0.3) is 0 Å². The van der Waals surface area contributed by atoms with Crippen molar-refractivity contribution in [1.29, 1.82) is 0 Å². The molecule has 0 radical (unpaired) electrons. The summed E-state index contributed by atoms with van der Waals surface area (Å²) >= 11 is 0. The topological polar surface area (TPSA) is 58.6 Å². The van der Waals surface area contributed by atoms with E-state index in [0.29, 0.717) is 12.3 Å². The summed E-state index contributed by atoms with van der Waals surface area (Å²) in [5.41, 5.74) is 3.75. The Balaban J connectivity index is 1.27. The summed E-state index contributed by atoms with van der Waals surface area (Å²) in [6, 6.07) is 10.6. The van der Waals surface area contributed by atoms with Gasteiger partial charge in [-0.3, -0.25) is 4.79 Å². The zero-order chi connectivity index (χ0) is 21.9. The van der Waals surface area contributed by atoms with Crippen LogP contribution in [0.3, 0.4) is 0 Å². The van der Waals surface area contributed by atoms with Crippen LogP contribution in [0.5, 0.6) is 0 Å². The zero-order valence-corrected chi connectivity index (χ0v) is 19.1. The minimum atomic E-state index is 0.127. The van der Waals surface area contributed by atoms with Crippen LogP contribution in [0.4, 0.5) is 5.82 Å². The van der Waals surface area contributed by atoms with Gasteiger partial charge in [0, 0.05) is 50.0 Å². The van der Waals surface area contributed by atoms with Crippen molar-refractivity contribution in [2.75, 3.05) is 31.1 Å². The SMILES string of the molecule is Cc1nc(C2CCN(C(=O)CC3CCCO3)CC2)nc2c1CCCN2Cc1ccccc1. The number of nitrogens with zero attached hydrogens (tertiary/aromatic N) is 4. The van der Waals surface area contributed by atoms with Crippen LogP contribution in [0.15, 0.2) is 30.3 Å². The third kappa shape index (κ3) is 4.65. The molecular weight excluding hydrogens is 400 g/mol. The maximum Gasteiger partial charge on any atom is 0.225 e. The number of hydrogen-bond acceptors (Lipinski definition) is 5. The lowest BCUT2D eigenvalue weighted by atomic mass is 9.94. The molecule has 0 saturated carbocycles. The number of fused-ring (bicyclic) bond motifs is 1. The molecule has 6 nitrogen and oxygen atoms in total. The summed E-state index contributed by atoms with van der Waals surface area (Å²) in [5.74, 6) is 2.66. The van der Waals surface area contributed by atoms with Gasteiger partial charge in [-0.1, -0.05) is 30.3 Å². The van der Waals surface area contributed by atoms with Crippen molar-refractivity contribution in [3.63, 3.8) is 0 Å². The Morgan fingerprint density at radius 1 is 1.06 bits per heavy atom. The number of hydrogen-bond donors (Lipinski definition) is 0. The summed E-state index contributed by atoms with van der Waals surface area (Å²) in [6.45, 7) is 6.45. The quantitative estimate of drug-likeness (QED) is 0.712. The number of aryl methyl sites for hydroxylation is 1. The molecule has 2 aromatic rings. The largest absolute Gasteiger partial charge is 0.378 e. The van der Waals surface area contributed by atoms with Crippen molar-refractivity contribution in [3.8, 4) is 0 Å². The second-order valence-electron chi connectivity index (χ2n) is 9.47. The first-order valence-electron chi connectivity index (χ1n) is 12.2. The molecule has 3 aliphatic rings. The van der Waals surface area contributed by atoms with Gasteiger partial charge in [-0.25, -0.2) is 9.97 Å². The number of amides is 1. The highest BCUT2D eigenvalue weighted by molar-refractivity contribution is 5.76. The van der Waals surface area contributed by atoms with Crippen LogP contribution in [-0.4, -0.2) is 53.1 Å². The van der Waals surface area contributed by atoms with E-state index in [2.05, 4.69) is 42.2 Å². The fraction of sp³-hybridized carbons (Fsp3) is 0.577. The molecule has 6 heteroatoms. The van der Waals surface area contributed by atoms with Crippen LogP contribution in [0, 0.1) is 6.92 Å². The molecule has 0 bridgehead atoms. The molecule has 1 aromatic carbocycles. The van der Waals surface area contributed by atoms with Crippen molar-refractivity contribution >= 4 is 11.7 Å². The number of ether oxygens (including phenoxy) is 1. The molecule has 2 saturated heterocycles. The monoisotopic (exact) mass is 434 g/mol. The van der Waals surface area contributed by atoms with E-state index < -0.39 is 0 Å². The number of carbonyl (C=O) groups is 1. The predicted molar refractivity (Wildman–Crippen MR) is 125 cm³/mol. The van der Waals surface area contributed by atoms with E-state index in [9.17, 15) is 4.79 Å². The lowest BCUT2D eigenvalue weighted by Crippen LogP contribution is -2.39.